The average Bonchev–Trinajstić information content (AvgIpc) is 2.21. The van der Waals surface area contributed by atoms with Crippen molar-refractivity contribution < 1.29 is 0 Å². The van der Waals surface area contributed by atoms with Gasteiger partial charge in [0, 0.05) is 17.4 Å². The highest BCUT2D eigenvalue weighted by Gasteiger charge is 1.92. The van der Waals surface area contributed by atoms with Gasteiger partial charge in [-0.2, -0.15) is 5.26 Å². The van der Waals surface area contributed by atoms with Crippen LogP contribution in [0.15, 0.2) is 28.7 Å². The zero-order chi connectivity index (χ0) is 10.2. The third kappa shape index (κ3) is 4.40. The van der Waals surface area contributed by atoms with E-state index in [0.29, 0.717) is 6.42 Å². The highest BCUT2D eigenvalue weighted by molar-refractivity contribution is 9.10. The zero-order valence-electron chi connectivity index (χ0n) is 7.96. The van der Waals surface area contributed by atoms with Crippen molar-refractivity contribution in [1.82, 2.24) is 5.32 Å². The van der Waals surface area contributed by atoms with Crippen molar-refractivity contribution in [2.24, 2.45) is 0 Å². The zero-order valence-corrected chi connectivity index (χ0v) is 9.55. The first-order chi connectivity index (χ1) is 6.83. The Hall–Kier alpha value is -0.850. The highest BCUT2D eigenvalue weighted by atomic mass is 79.9. The van der Waals surface area contributed by atoms with E-state index in [1.54, 1.807) is 0 Å². The summed E-state index contributed by atoms with van der Waals surface area (Å²) in [5.41, 5.74) is 1.32. The normalized spacial score (nSPS) is 9.71. The van der Waals surface area contributed by atoms with Gasteiger partial charge in [-0.15, -0.1) is 0 Å². The summed E-state index contributed by atoms with van der Waals surface area (Å²) >= 11 is 3.40. The van der Waals surface area contributed by atoms with Crippen LogP contribution < -0.4 is 5.32 Å². The predicted molar refractivity (Wildman–Crippen MR) is 60.9 cm³/mol. The first kappa shape index (κ1) is 11.2. The quantitative estimate of drug-likeness (QED) is 0.818. The standard InChI is InChI=1S/C11H13BrN2/c12-11-4-2-10(3-5-11)6-9-14-8-1-7-13/h2-5,14H,1,6,8-9H2. The van der Waals surface area contributed by atoms with E-state index in [1.165, 1.54) is 5.56 Å². The van der Waals surface area contributed by atoms with Crippen molar-refractivity contribution in [3.8, 4) is 6.07 Å². The minimum Gasteiger partial charge on any atom is -0.315 e. The molecule has 0 saturated carbocycles. The number of hydrogen-bond acceptors (Lipinski definition) is 2. The monoisotopic (exact) mass is 252 g/mol. The molecular formula is C11H13BrN2. The smallest absolute Gasteiger partial charge is 0.0635 e. The predicted octanol–water partition coefficient (Wildman–Crippen LogP) is 2.49. The number of nitrogens with one attached hydrogen (secondary N) is 1. The molecule has 1 N–H and O–H groups in total. The lowest BCUT2D eigenvalue weighted by atomic mass is 10.1. The van der Waals surface area contributed by atoms with Crippen molar-refractivity contribution in [2.75, 3.05) is 13.1 Å². The molecule has 0 aromatic heterocycles. The fourth-order valence-electron chi connectivity index (χ4n) is 1.15. The largest absolute Gasteiger partial charge is 0.315 e. The van der Waals surface area contributed by atoms with E-state index >= 15 is 0 Å². The van der Waals surface area contributed by atoms with Gasteiger partial charge in [-0.1, -0.05) is 28.1 Å². The number of nitriles is 1. The molecule has 0 atom stereocenters. The van der Waals surface area contributed by atoms with Crippen LogP contribution in [0.2, 0.25) is 0 Å². The first-order valence-corrected chi connectivity index (χ1v) is 5.44. The van der Waals surface area contributed by atoms with E-state index in [1.807, 2.05) is 12.1 Å². The van der Waals surface area contributed by atoms with Crippen LogP contribution in [-0.2, 0) is 6.42 Å². The third-order valence-electron chi connectivity index (χ3n) is 1.92. The molecule has 0 radical (unpaired) electrons. The molecule has 0 saturated heterocycles. The van der Waals surface area contributed by atoms with Crippen LogP contribution in [0.5, 0.6) is 0 Å². The summed E-state index contributed by atoms with van der Waals surface area (Å²) in [5.74, 6) is 0. The van der Waals surface area contributed by atoms with Crippen LogP contribution in [0.4, 0.5) is 0 Å². The minimum atomic E-state index is 0.584. The summed E-state index contributed by atoms with van der Waals surface area (Å²) in [7, 11) is 0. The van der Waals surface area contributed by atoms with Crippen molar-refractivity contribution in [1.29, 1.82) is 5.26 Å². The van der Waals surface area contributed by atoms with Gasteiger partial charge in [0.25, 0.3) is 0 Å². The maximum absolute atomic E-state index is 8.32. The molecular weight excluding hydrogens is 240 g/mol. The minimum absolute atomic E-state index is 0.584. The van der Waals surface area contributed by atoms with E-state index < -0.39 is 0 Å². The molecule has 0 unspecified atom stereocenters. The van der Waals surface area contributed by atoms with Crippen molar-refractivity contribution in [3.63, 3.8) is 0 Å². The number of benzene rings is 1. The molecule has 0 aliphatic carbocycles. The Kier molecular flexibility index (Phi) is 5.28. The van der Waals surface area contributed by atoms with Crippen molar-refractivity contribution >= 4 is 15.9 Å². The van der Waals surface area contributed by atoms with E-state index in [2.05, 4.69) is 39.4 Å². The van der Waals surface area contributed by atoms with Crippen LogP contribution in [0.3, 0.4) is 0 Å². The molecule has 1 rings (SSSR count). The Morgan fingerprint density at radius 3 is 2.57 bits per heavy atom. The van der Waals surface area contributed by atoms with Crippen LogP contribution in [-0.4, -0.2) is 13.1 Å². The second kappa shape index (κ2) is 6.58. The lowest BCUT2D eigenvalue weighted by Crippen LogP contribution is -2.17. The molecule has 0 amide bonds. The molecule has 0 aliphatic heterocycles. The van der Waals surface area contributed by atoms with Crippen LogP contribution in [0.1, 0.15) is 12.0 Å². The van der Waals surface area contributed by atoms with Gasteiger partial charge in [0.2, 0.25) is 0 Å². The molecule has 0 fully saturated rings. The molecule has 74 valence electrons. The second-order valence-corrected chi connectivity index (χ2v) is 3.95. The average molecular weight is 253 g/mol. The Bertz CT molecular complexity index is 300. The van der Waals surface area contributed by atoms with Crippen LogP contribution >= 0.6 is 15.9 Å². The fraction of sp³-hybridized carbons (Fsp3) is 0.364. The summed E-state index contributed by atoms with van der Waals surface area (Å²) in [6.45, 7) is 1.72. The van der Waals surface area contributed by atoms with Gasteiger partial charge in [-0.3, -0.25) is 0 Å². The summed E-state index contributed by atoms with van der Waals surface area (Å²) < 4.78 is 1.11. The Morgan fingerprint density at radius 2 is 1.93 bits per heavy atom. The Morgan fingerprint density at radius 1 is 1.21 bits per heavy atom. The fourth-order valence-corrected chi connectivity index (χ4v) is 1.42. The molecule has 0 spiro atoms. The Labute approximate surface area is 93.1 Å². The van der Waals surface area contributed by atoms with E-state index in [0.717, 1.165) is 24.0 Å². The maximum Gasteiger partial charge on any atom is 0.0635 e. The van der Waals surface area contributed by atoms with Gasteiger partial charge in [-0.05, 0) is 30.7 Å². The SMILES string of the molecule is N#CCCNCCc1ccc(Br)cc1. The number of nitrogens with zero attached hydrogens (tertiary/aromatic N) is 1. The summed E-state index contributed by atoms with van der Waals surface area (Å²) in [6.07, 6.45) is 1.60. The van der Waals surface area contributed by atoms with Gasteiger partial charge in [0.15, 0.2) is 0 Å². The second-order valence-electron chi connectivity index (χ2n) is 3.03. The van der Waals surface area contributed by atoms with E-state index in [9.17, 15) is 0 Å². The van der Waals surface area contributed by atoms with Gasteiger partial charge >= 0.3 is 0 Å². The van der Waals surface area contributed by atoms with E-state index in [4.69, 9.17) is 5.26 Å². The van der Waals surface area contributed by atoms with Gasteiger partial charge in [0.1, 0.15) is 0 Å². The summed E-state index contributed by atoms with van der Waals surface area (Å²) in [6, 6.07) is 10.4. The lowest BCUT2D eigenvalue weighted by Gasteiger charge is -2.02. The summed E-state index contributed by atoms with van der Waals surface area (Å²) in [4.78, 5) is 0. The number of halogens is 1. The molecule has 0 bridgehead atoms. The van der Waals surface area contributed by atoms with E-state index in [-0.39, 0.29) is 0 Å². The highest BCUT2D eigenvalue weighted by Crippen LogP contribution is 2.10. The molecule has 14 heavy (non-hydrogen) atoms. The molecule has 0 aliphatic rings. The molecule has 1 aromatic rings. The first-order valence-electron chi connectivity index (χ1n) is 4.65. The summed E-state index contributed by atoms with van der Waals surface area (Å²) in [5, 5.41) is 11.5. The van der Waals surface area contributed by atoms with Crippen LogP contribution in [0.25, 0.3) is 0 Å². The van der Waals surface area contributed by atoms with Gasteiger partial charge in [-0.25, -0.2) is 0 Å². The maximum atomic E-state index is 8.32. The van der Waals surface area contributed by atoms with Crippen molar-refractivity contribution in [2.45, 2.75) is 12.8 Å². The molecule has 0 heterocycles. The molecule has 2 nitrogen and oxygen atoms in total. The van der Waals surface area contributed by atoms with Crippen LogP contribution in [0, 0.1) is 11.3 Å². The topological polar surface area (TPSA) is 35.8 Å². The Balaban J connectivity index is 2.19. The van der Waals surface area contributed by atoms with Gasteiger partial charge < -0.3 is 5.32 Å². The number of rotatable bonds is 5. The lowest BCUT2D eigenvalue weighted by molar-refractivity contribution is 0.692. The molecule has 1 aromatic carbocycles. The van der Waals surface area contributed by atoms with Crippen molar-refractivity contribution in [3.05, 3.63) is 34.3 Å². The van der Waals surface area contributed by atoms with Gasteiger partial charge in [0.05, 0.1) is 6.07 Å². The molecule has 3 heteroatoms. The third-order valence-corrected chi connectivity index (χ3v) is 2.45. The number of hydrogen-bond donors (Lipinski definition) is 1.